The van der Waals surface area contributed by atoms with E-state index in [1.165, 1.54) is 9.18 Å². The minimum Gasteiger partial charge on any atom is -0.339 e. The molecule has 8 heteroatoms. The number of thiophene rings is 1. The number of hydrogen-bond donors (Lipinski definition) is 0. The molecule has 0 aliphatic carbocycles. The van der Waals surface area contributed by atoms with Gasteiger partial charge in [-0.3, -0.25) is 9.69 Å². The summed E-state index contributed by atoms with van der Waals surface area (Å²) >= 11 is 1.69. The van der Waals surface area contributed by atoms with Crippen LogP contribution in [0, 0.1) is 0 Å². The van der Waals surface area contributed by atoms with Crippen LogP contribution in [0.1, 0.15) is 23.4 Å². The highest BCUT2D eigenvalue weighted by Crippen LogP contribution is 2.23. The maximum atomic E-state index is 12.6. The Labute approximate surface area is 171 Å². The molecule has 1 amide bonds. The second-order valence-electron chi connectivity index (χ2n) is 7.13. The molecular weight excluding hydrogens is 394 g/mol. The zero-order valence-electron chi connectivity index (χ0n) is 16.3. The Balaban J connectivity index is 1.51. The van der Waals surface area contributed by atoms with Gasteiger partial charge in [0.05, 0.1) is 12.3 Å². The summed E-state index contributed by atoms with van der Waals surface area (Å²) in [4.78, 5) is 17.7. The van der Waals surface area contributed by atoms with Gasteiger partial charge in [0.1, 0.15) is 0 Å². The number of hydrogen-bond acceptors (Lipinski definition) is 5. The first-order valence-electron chi connectivity index (χ1n) is 9.40. The Bertz CT molecular complexity index is 861. The predicted octanol–water partition coefficient (Wildman–Crippen LogP) is 2.42. The highest BCUT2D eigenvalue weighted by Gasteiger charge is 2.29. The second-order valence-corrected chi connectivity index (χ2v) is 10.1. The van der Waals surface area contributed by atoms with Crippen molar-refractivity contribution < 1.29 is 13.2 Å². The molecular formula is C20H27N3O3S2. The average molecular weight is 422 g/mol. The lowest BCUT2D eigenvalue weighted by Gasteiger charge is -2.35. The number of amides is 1. The summed E-state index contributed by atoms with van der Waals surface area (Å²) < 4.78 is 26.8. The van der Waals surface area contributed by atoms with Gasteiger partial charge in [0, 0.05) is 37.1 Å². The van der Waals surface area contributed by atoms with Gasteiger partial charge in [-0.2, -0.15) is 4.31 Å². The van der Waals surface area contributed by atoms with E-state index < -0.39 is 10.0 Å². The van der Waals surface area contributed by atoms with Crippen molar-refractivity contribution in [3.63, 3.8) is 0 Å². The minimum absolute atomic E-state index is 0.00283. The van der Waals surface area contributed by atoms with Crippen LogP contribution in [0.5, 0.6) is 0 Å². The van der Waals surface area contributed by atoms with Crippen molar-refractivity contribution in [2.45, 2.75) is 18.7 Å². The Morgan fingerprint density at radius 1 is 1.11 bits per heavy atom. The number of rotatable bonds is 7. The number of nitrogens with zero attached hydrogens (tertiary/aromatic N) is 3. The summed E-state index contributed by atoms with van der Waals surface area (Å²) in [5, 5.41) is 2.04. The number of carbonyl (C=O) groups is 1. The van der Waals surface area contributed by atoms with E-state index in [9.17, 15) is 13.2 Å². The van der Waals surface area contributed by atoms with Gasteiger partial charge in [0.25, 0.3) is 0 Å². The summed E-state index contributed by atoms with van der Waals surface area (Å²) in [6, 6.07) is 13.5. The molecule has 1 fully saturated rings. The minimum atomic E-state index is -3.37. The zero-order valence-corrected chi connectivity index (χ0v) is 18.0. The monoisotopic (exact) mass is 421 g/mol. The molecule has 2 aromatic rings. The SMILES string of the molecule is CC(c1cccs1)N(C)CC(=O)N1CCN(S(=O)(=O)Cc2ccccc2)CC1. The van der Waals surface area contributed by atoms with Crippen LogP contribution in [0.25, 0.3) is 0 Å². The van der Waals surface area contributed by atoms with Crippen LogP contribution in [-0.2, 0) is 20.6 Å². The van der Waals surface area contributed by atoms with Crippen molar-refractivity contribution >= 4 is 27.3 Å². The fourth-order valence-electron chi connectivity index (χ4n) is 3.29. The van der Waals surface area contributed by atoms with Crippen molar-refractivity contribution in [1.29, 1.82) is 0 Å². The number of benzene rings is 1. The van der Waals surface area contributed by atoms with Gasteiger partial charge in [-0.05, 0) is 31.0 Å². The molecule has 3 rings (SSSR count). The van der Waals surface area contributed by atoms with E-state index in [2.05, 4.69) is 13.0 Å². The zero-order chi connectivity index (χ0) is 20.1. The van der Waals surface area contributed by atoms with E-state index in [1.807, 2.05) is 53.7 Å². The molecule has 1 aliphatic rings. The number of likely N-dealkylation sites (N-methyl/N-ethyl adjacent to an activating group) is 1. The highest BCUT2D eigenvalue weighted by molar-refractivity contribution is 7.88. The largest absolute Gasteiger partial charge is 0.339 e. The molecule has 1 aromatic heterocycles. The topological polar surface area (TPSA) is 60.9 Å². The molecule has 0 bridgehead atoms. The van der Waals surface area contributed by atoms with E-state index in [0.717, 1.165) is 5.56 Å². The predicted molar refractivity (Wildman–Crippen MR) is 113 cm³/mol. The molecule has 0 radical (unpaired) electrons. The Hall–Kier alpha value is -1.74. The summed E-state index contributed by atoms with van der Waals surface area (Å²) in [5.41, 5.74) is 0.783. The lowest BCUT2D eigenvalue weighted by molar-refractivity contribution is -0.133. The average Bonchev–Trinajstić information content (AvgIpc) is 3.22. The Morgan fingerprint density at radius 3 is 2.39 bits per heavy atom. The second kappa shape index (κ2) is 9.17. The third-order valence-corrected chi connectivity index (χ3v) is 8.07. The molecule has 1 aliphatic heterocycles. The normalized spacial score (nSPS) is 17.0. The van der Waals surface area contributed by atoms with Crippen LogP contribution >= 0.6 is 11.3 Å². The first-order chi connectivity index (χ1) is 13.4. The maximum Gasteiger partial charge on any atom is 0.236 e. The van der Waals surface area contributed by atoms with Crippen LogP contribution in [-0.4, -0.2) is 68.2 Å². The van der Waals surface area contributed by atoms with Gasteiger partial charge in [-0.15, -0.1) is 11.3 Å². The van der Waals surface area contributed by atoms with E-state index in [1.54, 1.807) is 16.2 Å². The first-order valence-corrected chi connectivity index (χ1v) is 11.9. The van der Waals surface area contributed by atoms with Crippen LogP contribution < -0.4 is 0 Å². The molecule has 152 valence electrons. The van der Waals surface area contributed by atoms with E-state index in [0.29, 0.717) is 32.7 Å². The van der Waals surface area contributed by atoms with Gasteiger partial charge in [-0.25, -0.2) is 8.42 Å². The molecule has 0 N–H and O–H groups in total. The van der Waals surface area contributed by atoms with Gasteiger partial charge < -0.3 is 4.90 Å². The molecule has 1 atom stereocenters. The molecule has 0 spiro atoms. The van der Waals surface area contributed by atoms with Crippen molar-refractivity contribution in [1.82, 2.24) is 14.1 Å². The number of piperazine rings is 1. The molecule has 2 heterocycles. The van der Waals surface area contributed by atoms with Gasteiger partial charge in [-0.1, -0.05) is 36.4 Å². The van der Waals surface area contributed by atoms with Crippen LogP contribution in [0.2, 0.25) is 0 Å². The van der Waals surface area contributed by atoms with Gasteiger partial charge in [0.2, 0.25) is 15.9 Å². The van der Waals surface area contributed by atoms with Crippen LogP contribution in [0.3, 0.4) is 0 Å². The van der Waals surface area contributed by atoms with Gasteiger partial charge in [0.15, 0.2) is 0 Å². The molecule has 1 aromatic carbocycles. The summed E-state index contributed by atoms with van der Waals surface area (Å²) in [5.74, 6) is 0.0501. The van der Waals surface area contributed by atoms with Crippen LogP contribution in [0.15, 0.2) is 47.8 Å². The Kier molecular flexibility index (Phi) is 6.87. The highest BCUT2D eigenvalue weighted by atomic mass is 32.2. The van der Waals surface area contributed by atoms with Crippen molar-refractivity contribution in [3.8, 4) is 0 Å². The quantitative estimate of drug-likeness (QED) is 0.689. The summed E-state index contributed by atoms with van der Waals surface area (Å²) in [7, 11) is -1.42. The number of sulfonamides is 1. The Morgan fingerprint density at radius 2 is 1.79 bits per heavy atom. The molecule has 6 nitrogen and oxygen atoms in total. The summed E-state index contributed by atoms with van der Waals surface area (Å²) in [6.45, 7) is 4.00. The van der Waals surface area contributed by atoms with Gasteiger partial charge >= 0.3 is 0 Å². The van der Waals surface area contributed by atoms with Crippen molar-refractivity contribution in [2.75, 3.05) is 39.8 Å². The van der Waals surface area contributed by atoms with Crippen LogP contribution in [0.4, 0.5) is 0 Å². The third kappa shape index (κ3) is 5.20. The summed E-state index contributed by atoms with van der Waals surface area (Å²) in [6.07, 6.45) is 0. The van der Waals surface area contributed by atoms with E-state index >= 15 is 0 Å². The molecule has 0 saturated carbocycles. The number of carbonyl (C=O) groups excluding carboxylic acids is 1. The van der Waals surface area contributed by atoms with E-state index in [-0.39, 0.29) is 17.7 Å². The smallest absolute Gasteiger partial charge is 0.236 e. The molecule has 28 heavy (non-hydrogen) atoms. The molecule has 1 unspecified atom stereocenters. The fraction of sp³-hybridized carbons (Fsp3) is 0.450. The first kappa shape index (κ1) is 21.0. The van der Waals surface area contributed by atoms with Crippen molar-refractivity contribution in [3.05, 3.63) is 58.3 Å². The fourth-order valence-corrected chi connectivity index (χ4v) is 5.65. The third-order valence-electron chi connectivity index (χ3n) is 5.18. The van der Waals surface area contributed by atoms with Crippen molar-refractivity contribution in [2.24, 2.45) is 0 Å². The lowest BCUT2D eigenvalue weighted by Crippen LogP contribution is -2.52. The molecule has 1 saturated heterocycles. The standard InChI is InChI=1S/C20H27N3O3S2/c1-17(19-9-6-14-27-19)21(2)15-20(24)22-10-12-23(13-11-22)28(25,26)16-18-7-4-3-5-8-18/h3-9,14,17H,10-13,15-16H2,1-2H3. The van der Waals surface area contributed by atoms with E-state index in [4.69, 9.17) is 0 Å². The lowest BCUT2D eigenvalue weighted by atomic mass is 10.2. The maximum absolute atomic E-state index is 12.6.